The van der Waals surface area contributed by atoms with Crippen LogP contribution in [0.3, 0.4) is 0 Å². The highest BCUT2D eigenvalue weighted by molar-refractivity contribution is 5.64. The van der Waals surface area contributed by atoms with Crippen LogP contribution in [0, 0.1) is 0 Å². The van der Waals surface area contributed by atoms with Crippen LogP contribution in [0.5, 0.6) is 0 Å². The molecule has 0 unspecified atom stereocenters. The average Bonchev–Trinajstić information content (AvgIpc) is 3.18. The Morgan fingerprint density at radius 2 is 1.59 bits per heavy atom. The van der Waals surface area contributed by atoms with Gasteiger partial charge in [-0.2, -0.15) is 0 Å². The van der Waals surface area contributed by atoms with E-state index in [1.807, 2.05) is 6.08 Å². The molecule has 2 aliphatic rings. The summed E-state index contributed by atoms with van der Waals surface area (Å²) in [6.45, 7) is 3.72. The van der Waals surface area contributed by atoms with Crippen LogP contribution in [0.1, 0.15) is 83.5 Å². The molecular formula is C24H37O5-. The van der Waals surface area contributed by atoms with E-state index in [1.165, 1.54) is 25.7 Å². The second-order valence-electron chi connectivity index (χ2n) is 8.09. The normalized spacial score (nSPS) is 27.7. The van der Waals surface area contributed by atoms with Crippen LogP contribution in [0.15, 0.2) is 37.0 Å². The Morgan fingerprint density at radius 3 is 2.31 bits per heavy atom. The van der Waals surface area contributed by atoms with Crippen LogP contribution in [-0.2, 0) is 19.3 Å². The van der Waals surface area contributed by atoms with Gasteiger partial charge in [0.25, 0.3) is 0 Å². The zero-order valence-electron chi connectivity index (χ0n) is 17.6. The van der Waals surface area contributed by atoms with Gasteiger partial charge in [0.15, 0.2) is 0 Å². The van der Waals surface area contributed by atoms with Gasteiger partial charge in [-0.15, -0.1) is 6.58 Å². The molecule has 0 bridgehead atoms. The summed E-state index contributed by atoms with van der Waals surface area (Å²) in [7, 11) is 0. The molecule has 2 saturated heterocycles. The summed E-state index contributed by atoms with van der Waals surface area (Å²) in [6, 6.07) is 0. The number of carboxylic acid groups (broad SMARTS) is 1. The molecule has 0 saturated carbocycles. The van der Waals surface area contributed by atoms with Crippen molar-refractivity contribution in [3.05, 3.63) is 37.0 Å². The maximum absolute atomic E-state index is 10.6. The highest BCUT2D eigenvalue weighted by atomic mass is 17.2. The lowest BCUT2D eigenvalue weighted by Gasteiger charge is -2.31. The van der Waals surface area contributed by atoms with Crippen molar-refractivity contribution in [1.82, 2.24) is 0 Å². The number of carboxylic acids is 1. The van der Waals surface area contributed by atoms with Crippen molar-refractivity contribution in [3.63, 3.8) is 0 Å². The topological polar surface area (TPSA) is 67.8 Å². The van der Waals surface area contributed by atoms with Crippen molar-refractivity contribution < 1.29 is 24.4 Å². The molecule has 0 amide bonds. The van der Waals surface area contributed by atoms with Gasteiger partial charge in [0.1, 0.15) is 6.10 Å². The maximum Gasteiger partial charge on any atom is 0.119 e. The average molecular weight is 406 g/mol. The van der Waals surface area contributed by atoms with E-state index < -0.39 is 12.1 Å². The highest BCUT2D eigenvalue weighted by Crippen LogP contribution is 2.31. The molecule has 0 aliphatic carbocycles. The number of hydrogen-bond acceptors (Lipinski definition) is 5. The Bertz CT molecular complexity index is 519. The summed E-state index contributed by atoms with van der Waals surface area (Å²) in [5.74, 6) is -1.10. The standard InChI is InChI=1S/C24H38O5/c1-2-3-4-5-6-7-8-9-10-11-12-13-14-20-15-17-22(27-20)23-18-16-21(28-29-23)19-24(25)26/h2,5-8,20-23H,1,3-4,9-19H2,(H,25,26)/p-1/b6-5+,8-7-/t20-,21-,22+,23-/m0/s1. The van der Waals surface area contributed by atoms with Gasteiger partial charge < -0.3 is 14.6 Å². The van der Waals surface area contributed by atoms with Crippen molar-refractivity contribution >= 4 is 5.97 Å². The third kappa shape index (κ3) is 10.2. The van der Waals surface area contributed by atoms with E-state index >= 15 is 0 Å². The summed E-state index contributed by atoms with van der Waals surface area (Å²) >= 11 is 0. The lowest BCUT2D eigenvalue weighted by atomic mass is 10.0. The monoisotopic (exact) mass is 405 g/mol. The lowest BCUT2D eigenvalue weighted by molar-refractivity contribution is -0.389. The number of carbonyl (C=O) groups excluding carboxylic acids is 1. The van der Waals surface area contributed by atoms with Crippen molar-refractivity contribution in [3.8, 4) is 0 Å². The summed E-state index contributed by atoms with van der Waals surface area (Å²) in [4.78, 5) is 21.2. The fraction of sp³-hybridized carbons (Fsp3) is 0.708. The molecule has 0 aromatic rings. The van der Waals surface area contributed by atoms with Gasteiger partial charge >= 0.3 is 0 Å². The van der Waals surface area contributed by atoms with Gasteiger partial charge in [-0.1, -0.05) is 49.6 Å². The third-order valence-corrected chi connectivity index (χ3v) is 5.61. The molecule has 4 atom stereocenters. The first-order valence-electron chi connectivity index (χ1n) is 11.3. The Balaban J connectivity index is 1.46. The van der Waals surface area contributed by atoms with E-state index in [2.05, 4.69) is 30.9 Å². The number of aliphatic carboxylic acids is 1. The molecule has 164 valence electrons. The Kier molecular flexibility index (Phi) is 12.0. The Morgan fingerprint density at radius 1 is 0.862 bits per heavy atom. The SMILES string of the molecule is C=CCC/C=C/C=C\CCCCCC[C@H]1CC[C@H]([C@@H]2CC[C@@H](CC(=O)[O-])OO2)O1. The van der Waals surface area contributed by atoms with E-state index in [0.29, 0.717) is 12.5 Å². The molecule has 5 heteroatoms. The molecule has 2 aliphatic heterocycles. The summed E-state index contributed by atoms with van der Waals surface area (Å²) in [5, 5.41) is 10.6. The predicted octanol–water partition coefficient (Wildman–Crippen LogP) is 4.57. The third-order valence-electron chi connectivity index (χ3n) is 5.61. The van der Waals surface area contributed by atoms with Crippen LogP contribution >= 0.6 is 0 Å². The molecule has 0 spiro atoms. The number of carbonyl (C=O) groups is 1. The summed E-state index contributed by atoms with van der Waals surface area (Å²) < 4.78 is 6.16. The largest absolute Gasteiger partial charge is 0.550 e. The number of rotatable bonds is 14. The maximum atomic E-state index is 10.6. The molecule has 0 aromatic carbocycles. The van der Waals surface area contributed by atoms with Gasteiger partial charge in [-0.05, 0) is 57.8 Å². The van der Waals surface area contributed by atoms with Crippen molar-refractivity contribution in [2.24, 2.45) is 0 Å². The highest BCUT2D eigenvalue weighted by Gasteiger charge is 2.35. The smallest absolute Gasteiger partial charge is 0.119 e. The van der Waals surface area contributed by atoms with Crippen molar-refractivity contribution in [2.45, 2.75) is 108 Å². The molecule has 2 heterocycles. The minimum atomic E-state index is -1.10. The lowest BCUT2D eigenvalue weighted by Crippen LogP contribution is -2.38. The quantitative estimate of drug-likeness (QED) is 0.183. The molecule has 0 radical (unpaired) electrons. The van der Waals surface area contributed by atoms with Crippen molar-refractivity contribution in [1.29, 1.82) is 0 Å². The van der Waals surface area contributed by atoms with Crippen LogP contribution in [0.25, 0.3) is 0 Å². The Labute approximate surface area is 175 Å². The van der Waals surface area contributed by atoms with E-state index in [4.69, 9.17) is 14.5 Å². The van der Waals surface area contributed by atoms with Crippen LogP contribution in [-0.4, -0.2) is 30.4 Å². The zero-order valence-corrected chi connectivity index (χ0v) is 17.6. The van der Waals surface area contributed by atoms with Crippen LogP contribution < -0.4 is 5.11 Å². The summed E-state index contributed by atoms with van der Waals surface area (Å²) in [6.07, 6.45) is 23.4. The molecule has 2 rings (SSSR count). The van der Waals surface area contributed by atoms with Gasteiger partial charge in [-0.25, -0.2) is 9.78 Å². The molecular weight excluding hydrogens is 368 g/mol. The second kappa shape index (κ2) is 14.5. The van der Waals surface area contributed by atoms with Gasteiger partial charge in [0.2, 0.25) is 0 Å². The minimum Gasteiger partial charge on any atom is -0.550 e. The van der Waals surface area contributed by atoms with E-state index in [9.17, 15) is 9.90 Å². The predicted molar refractivity (Wildman–Crippen MR) is 112 cm³/mol. The number of hydrogen-bond donors (Lipinski definition) is 0. The van der Waals surface area contributed by atoms with Crippen LogP contribution in [0.4, 0.5) is 0 Å². The van der Waals surface area contributed by atoms with Crippen molar-refractivity contribution in [2.75, 3.05) is 0 Å². The first kappa shape index (κ1) is 23.8. The first-order valence-corrected chi connectivity index (χ1v) is 11.3. The van der Waals surface area contributed by atoms with Gasteiger partial charge in [-0.3, -0.25) is 0 Å². The fourth-order valence-electron chi connectivity index (χ4n) is 3.94. The van der Waals surface area contributed by atoms with Gasteiger partial charge in [0.05, 0.1) is 18.3 Å². The molecule has 2 fully saturated rings. The molecule has 0 N–H and O–H groups in total. The number of ether oxygens (including phenoxy) is 1. The second-order valence-corrected chi connectivity index (χ2v) is 8.09. The molecule has 29 heavy (non-hydrogen) atoms. The molecule has 0 aromatic heterocycles. The van der Waals surface area contributed by atoms with Crippen LogP contribution in [0.2, 0.25) is 0 Å². The zero-order chi connectivity index (χ0) is 20.7. The first-order chi connectivity index (χ1) is 14.2. The van der Waals surface area contributed by atoms with E-state index in [0.717, 1.165) is 44.9 Å². The molecule has 5 nitrogen and oxygen atoms in total. The summed E-state index contributed by atoms with van der Waals surface area (Å²) in [5.41, 5.74) is 0. The van der Waals surface area contributed by atoms with E-state index in [-0.39, 0.29) is 18.6 Å². The number of unbranched alkanes of at least 4 members (excludes halogenated alkanes) is 5. The number of allylic oxidation sites excluding steroid dienone is 5. The van der Waals surface area contributed by atoms with Gasteiger partial charge in [0, 0.05) is 12.4 Å². The minimum absolute atomic E-state index is 0.0735. The fourth-order valence-corrected chi connectivity index (χ4v) is 3.94. The van der Waals surface area contributed by atoms with E-state index in [1.54, 1.807) is 0 Å². The Hall–Kier alpha value is -1.43.